The molecule has 3 heteroatoms. The molecule has 53 valence electrons. The highest BCUT2D eigenvalue weighted by Gasteiger charge is 1.99. The number of aryl methyl sites for hydroxylation is 2. The zero-order valence-corrected chi connectivity index (χ0v) is 6.57. The van der Waals surface area contributed by atoms with E-state index in [0.717, 1.165) is 12.1 Å². The fourth-order valence-corrected chi connectivity index (χ4v) is 1.51. The number of aromatic nitrogens is 1. The SMILES string of the molecule is Cc1ncsc1CC[C]=O. The molecule has 10 heavy (non-hydrogen) atoms. The van der Waals surface area contributed by atoms with Crippen LogP contribution in [0.25, 0.3) is 0 Å². The number of hydrogen-bond acceptors (Lipinski definition) is 3. The third-order valence-corrected chi connectivity index (χ3v) is 2.29. The van der Waals surface area contributed by atoms with Gasteiger partial charge in [0.05, 0.1) is 11.2 Å². The molecule has 0 atom stereocenters. The first kappa shape index (κ1) is 7.41. The Balaban J connectivity index is 2.56. The molecule has 0 aliphatic rings. The summed E-state index contributed by atoms with van der Waals surface area (Å²) in [6.45, 7) is 1.95. The largest absolute Gasteiger partial charge is 0.291 e. The summed E-state index contributed by atoms with van der Waals surface area (Å²) in [5.41, 5.74) is 2.84. The molecular formula is C7H8NOS. The van der Waals surface area contributed by atoms with E-state index in [-0.39, 0.29) is 0 Å². The predicted molar refractivity (Wildman–Crippen MR) is 40.9 cm³/mol. The van der Waals surface area contributed by atoms with Gasteiger partial charge in [0.15, 0.2) is 6.29 Å². The van der Waals surface area contributed by atoms with Crippen LogP contribution in [0.2, 0.25) is 0 Å². The second kappa shape index (κ2) is 3.46. The van der Waals surface area contributed by atoms with E-state index >= 15 is 0 Å². The number of nitrogens with zero attached hydrogens (tertiary/aromatic N) is 1. The van der Waals surface area contributed by atoms with Gasteiger partial charge in [-0.05, 0) is 13.3 Å². The Kier molecular flexibility index (Phi) is 2.57. The van der Waals surface area contributed by atoms with E-state index in [1.807, 2.05) is 13.2 Å². The van der Waals surface area contributed by atoms with Gasteiger partial charge in [0, 0.05) is 11.3 Å². The maximum atomic E-state index is 9.87. The average molecular weight is 154 g/mol. The Labute approximate surface area is 63.9 Å². The van der Waals surface area contributed by atoms with Crippen LogP contribution in [-0.4, -0.2) is 11.3 Å². The lowest BCUT2D eigenvalue weighted by molar-refractivity contribution is 0.551. The van der Waals surface area contributed by atoms with Crippen molar-refractivity contribution in [3.63, 3.8) is 0 Å². The van der Waals surface area contributed by atoms with Gasteiger partial charge in [-0.1, -0.05) is 0 Å². The van der Waals surface area contributed by atoms with Gasteiger partial charge >= 0.3 is 0 Å². The lowest BCUT2D eigenvalue weighted by Gasteiger charge is -1.89. The summed E-state index contributed by atoms with van der Waals surface area (Å²) in [5, 5.41) is 0. The summed E-state index contributed by atoms with van der Waals surface area (Å²) in [4.78, 5) is 15.1. The highest BCUT2D eigenvalue weighted by atomic mass is 32.1. The van der Waals surface area contributed by atoms with E-state index in [9.17, 15) is 4.79 Å². The van der Waals surface area contributed by atoms with Gasteiger partial charge in [0.1, 0.15) is 0 Å². The summed E-state index contributed by atoms with van der Waals surface area (Å²) in [5.74, 6) is 0. The van der Waals surface area contributed by atoms with Crippen molar-refractivity contribution in [3.05, 3.63) is 16.1 Å². The first-order valence-electron chi connectivity index (χ1n) is 3.08. The van der Waals surface area contributed by atoms with Crippen LogP contribution in [0.5, 0.6) is 0 Å². The van der Waals surface area contributed by atoms with Crippen LogP contribution in [0, 0.1) is 6.92 Å². The Morgan fingerprint density at radius 1 is 1.80 bits per heavy atom. The standard InChI is InChI=1S/C7H8NOS/c1-6-7(3-2-4-9)10-5-8-6/h5H,2-3H2,1H3. The van der Waals surface area contributed by atoms with Crippen molar-refractivity contribution < 1.29 is 4.79 Å². The van der Waals surface area contributed by atoms with Crippen molar-refractivity contribution >= 4 is 17.6 Å². The summed E-state index contributed by atoms with van der Waals surface area (Å²) in [7, 11) is 0. The third-order valence-electron chi connectivity index (χ3n) is 1.30. The molecule has 1 rings (SSSR count). The number of thiazole rings is 1. The molecule has 0 aromatic carbocycles. The molecule has 0 aliphatic carbocycles. The van der Waals surface area contributed by atoms with Gasteiger partial charge in [-0.25, -0.2) is 4.98 Å². The normalized spacial score (nSPS) is 9.70. The van der Waals surface area contributed by atoms with Crippen molar-refractivity contribution in [2.75, 3.05) is 0 Å². The van der Waals surface area contributed by atoms with Crippen LogP contribution >= 0.6 is 11.3 Å². The van der Waals surface area contributed by atoms with Crippen LogP contribution in [0.15, 0.2) is 5.51 Å². The van der Waals surface area contributed by atoms with E-state index in [0.29, 0.717) is 6.42 Å². The molecule has 2 nitrogen and oxygen atoms in total. The van der Waals surface area contributed by atoms with Crippen LogP contribution < -0.4 is 0 Å². The fourth-order valence-electron chi connectivity index (χ4n) is 0.731. The maximum absolute atomic E-state index is 9.87. The zero-order chi connectivity index (χ0) is 7.40. The average Bonchev–Trinajstić information content (AvgIpc) is 2.31. The Hall–Kier alpha value is -0.700. The summed E-state index contributed by atoms with van der Waals surface area (Å²) < 4.78 is 0. The van der Waals surface area contributed by atoms with Gasteiger partial charge in [-0.2, -0.15) is 0 Å². The maximum Gasteiger partial charge on any atom is 0.198 e. The molecule has 1 radical (unpaired) electrons. The molecule has 0 bridgehead atoms. The highest BCUT2D eigenvalue weighted by molar-refractivity contribution is 7.09. The number of rotatable bonds is 3. The monoisotopic (exact) mass is 154 g/mol. The number of hydrogen-bond donors (Lipinski definition) is 0. The zero-order valence-electron chi connectivity index (χ0n) is 5.76. The van der Waals surface area contributed by atoms with E-state index in [2.05, 4.69) is 4.98 Å². The minimum absolute atomic E-state index is 0.489. The predicted octanol–water partition coefficient (Wildman–Crippen LogP) is 1.49. The molecule has 0 aliphatic heterocycles. The molecule has 1 aromatic heterocycles. The Bertz CT molecular complexity index is 219. The van der Waals surface area contributed by atoms with Crippen molar-refractivity contribution in [2.24, 2.45) is 0 Å². The highest BCUT2D eigenvalue weighted by Crippen LogP contribution is 2.13. The van der Waals surface area contributed by atoms with Crippen molar-refractivity contribution in [1.82, 2.24) is 4.98 Å². The quantitative estimate of drug-likeness (QED) is 0.660. The second-order valence-electron chi connectivity index (χ2n) is 2.01. The number of carbonyl (C=O) groups excluding carboxylic acids is 1. The molecule has 0 saturated carbocycles. The minimum atomic E-state index is 0.489. The summed E-state index contributed by atoms with van der Waals surface area (Å²) in [6.07, 6.45) is 3.14. The van der Waals surface area contributed by atoms with Crippen molar-refractivity contribution in [1.29, 1.82) is 0 Å². The van der Waals surface area contributed by atoms with Crippen molar-refractivity contribution in [2.45, 2.75) is 19.8 Å². The van der Waals surface area contributed by atoms with Crippen LogP contribution in [0.4, 0.5) is 0 Å². The first-order chi connectivity index (χ1) is 4.84. The van der Waals surface area contributed by atoms with Crippen LogP contribution in [0.3, 0.4) is 0 Å². The lowest BCUT2D eigenvalue weighted by Crippen LogP contribution is -1.84. The van der Waals surface area contributed by atoms with Crippen LogP contribution in [-0.2, 0) is 11.2 Å². The molecule has 0 spiro atoms. The molecule has 0 N–H and O–H groups in total. The van der Waals surface area contributed by atoms with Gasteiger partial charge in [0.25, 0.3) is 0 Å². The summed E-state index contributed by atoms with van der Waals surface area (Å²) >= 11 is 1.60. The Morgan fingerprint density at radius 3 is 3.10 bits per heavy atom. The molecular weight excluding hydrogens is 146 g/mol. The van der Waals surface area contributed by atoms with Gasteiger partial charge in [0.2, 0.25) is 0 Å². The third kappa shape index (κ3) is 1.64. The smallest absolute Gasteiger partial charge is 0.198 e. The molecule has 0 unspecified atom stereocenters. The first-order valence-corrected chi connectivity index (χ1v) is 3.96. The molecule has 0 saturated heterocycles. The lowest BCUT2D eigenvalue weighted by atomic mass is 10.2. The van der Waals surface area contributed by atoms with E-state index in [1.54, 1.807) is 16.8 Å². The van der Waals surface area contributed by atoms with Gasteiger partial charge in [-0.15, -0.1) is 11.3 Å². The van der Waals surface area contributed by atoms with Gasteiger partial charge < -0.3 is 0 Å². The van der Waals surface area contributed by atoms with E-state index in [1.165, 1.54) is 4.88 Å². The van der Waals surface area contributed by atoms with Crippen molar-refractivity contribution in [3.8, 4) is 0 Å². The van der Waals surface area contributed by atoms with E-state index in [4.69, 9.17) is 0 Å². The molecule has 1 heterocycles. The second-order valence-corrected chi connectivity index (χ2v) is 2.94. The summed E-state index contributed by atoms with van der Waals surface area (Å²) in [6, 6.07) is 0. The molecule has 0 amide bonds. The Morgan fingerprint density at radius 2 is 2.60 bits per heavy atom. The minimum Gasteiger partial charge on any atom is -0.291 e. The fraction of sp³-hybridized carbons (Fsp3) is 0.429. The van der Waals surface area contributed by atoms with E-state index < -0.39 is 0 Å². The molecule has 0 fully saturated rings. The van der Waals surface area contributed by atoms with Crippen LogP contribution in [0.1, 0.15) is 17.0 Å². The topological polar surface area (TPSA) is 30.0 Å². The van der Waals surface area contributed by atoms with Gasteiger partial charge in [-0.3, -0.25) is 4.79 Å². The molecule has 1 aromatic rings.